The van der Waals surface area contributed by atoms with Crippen molar-refractivity contribution in [3.63, 3.8) is 0 Å². The lowest BCUT2D eigenvalue weighted by atomic mass is 10.1. The van der Waals surface area contributed by atoms with Crippen LogP contribution >= 0.6 is 0 Å². The van der Waals surface area contributed by atoms with Gasteiger partial charge >= 0.3 is 0 Å². The van der Waals surface area contributed by atoms with Crippen molar-refractivity contribution in [3.05, 3.63) is 89.5 Å². The van der Waals surface area contributed by atoms with E-state index in [4.69, 9.17) is 9.47 Å². The van der Waals surface area contributed by atoms with E-state index in [-0.39, 0.29) is 16.9 Å². The molecule has 0 saturated carbocycles. The molecule has 0 aliphatic rings. The van der Waals surface area contributed by atoms with Crippen LogP contribution < -0.4 is 20.1 Å². The summed E-state index contributed by atoms with van der Waals surface area (Å²) in [6.07, 6.45) is 1.30. The van der Waals surface area contributed by atoms with Crippen LogP contribution in [0.4, 0.5) is 20.2 Å². The van der Waals surface area contributed by atoms with E-state index >= 15 is 0 Å². The van der Waals surface area contributed by atoms with Crippen LogP contribution in [-0.2, 0) is 9.59 Å². The van der Waals surface area contributed by atoms with Gasteiger partial charge in [-0.25, -0.2) is 8.78 Å². The third-order valence-electron chi connectivity index (χ3n) is 4.53. The maximum atomic E-state index is 14.0. The maximum absolute atomic E-state index is 14.0. The fourth-order valence-corrected chi connectivity index (χ4v) is 2.95. The van der Waals surface area contributed by atoms with E-state index in [0.717, 1.165) is 0 Å². The molecule has 3 aromatic carbocycles. The molecule has 0 atom stereocenters. The number of anilines is 2. The molecule has 33 heavy (non-hydrogen) atoms. The molecular formula is C25H22F2N2O4. The minimum Gasteiger partial charge on any atom is -0.493 e. The quantitative estimate of drug-likeness (QED) is 0.285. The molecule has 0 saturated heterocycles. The number of methoxy groups -OCH3 is 1. The predicted octanol–water partition coefficient (Wildman–Crippen LogP) is 5.03. The van der Waals surface area contributed by atoms with Crippen molar-refractivity contribution in [1.82, 2.24) is 0 Å². The second kappa shape index (κ2) is 10.9. The monoisotopic (exact) mass is 452 g/mol. The highest BCUT2D eigenvalue weighted by molar-refractivity contribution is 6.28. The minimum absolute atomic E-state index is 0.101. The predicted molar refractivity (Wildman–Crippen MR) is 122 cm³/mol. The number of carbonyl (C=O) groups is 2. The Kier molecular flexibility index (Phi) is 7.75. The van der Waals surface area contributed by atoms with Crippen LogP contribution in [0.25, 0.3) is 6.08 Å². The number of hydrogen-bond donors (Lipinski definition) is 2. The lowest BCUT2D eigenvalue weighted by Crippen LogP contribution is -2.26. The van der Waals surface area contributed by atoms with E-state index in [1.165, 1.54) is 49.6 Å². The Hall–Kier alpha value is -4.20. The van der Waals surface area contributed by atoms with Gasteiger partial charge in [-0.3, -0.25) is 9.59 Å². The van der Waals surface area contributed by atoms with Crippen molar-refractivity contribution in [3.8, 4) is 11.5 Å². The average Bonchev–Trinajstić information content (AvgIpc) is 2.81. The Labute approximate surface area is 189 Å². The molecule has 0 aliphatic carbocycles. The van der Waals surface area contributed by atoms with Crippen molar-refractivity contribution in [1.29, 1.82) is 0 Å². The maximum Gasteiger partial charge on any atom is 0.261 e. The first-order chi connectivity index (χ1) is 15.9. The van der Waals surface area contributed by atoms with E-state index in [2.05, 4.69) is 10.6 Å². The van der Waals surface area contributed by atoms with Crippen molar-refractivity contribution < 1.29 is 27.8 Å². The van der Waals surface area contributed by atoms with Gasteiger partial charge in [-0.1, -0.05) is 30.3 Å². The molecule has 8 heteroatoms. The molecular weight excluding hydrogens is 430 g/mol. The molecule has 0 spiro atoms. The van der Waals surface area contributed by atoms with Gasteiger partial charge in [-0.05, 0) is 55.0 Å². The second-order valence-electron chi connectivity index (χ2n) is 6.77. The number of para-hydroxylation sites is 2. The standard InChI is InChI=1S/C25H22F2N2O4/c1-3-33-22-13-12-16(15-23(22)32-2)14-17(24(30)28-20-10-6-4-8-18(20)26)25(31)29-21-11-7-5-9-19(21)27/h4-15H,3H2,1-2H3,(H,28,30)(H,29,31). The highest BCUT2D eigenvalue weighted by Crippen LogP contribution is 2.29. The van der Waals surface area contributed by atoms with E-state index in [1.807, 2.05) is 6.92 Å². The lowest BCUT2D eigenvalue weighted by molar-refractivity contribution is -0.118. The number of rotatable bonds is 8. The average molecular weight is 452 g/mol. The number of nitrogens with one attached hydrogen (secondary N) is 2. The third kappa shape index (κ3) is 5.94. The van der Waals surface area contributed by atoms with Gasteiger partial charge < -0.3 is 20.1 Å². The van der Waals surface area contributed by atoms with E-state index in [9.17, 15) is 18.4 Å². The number of benzene rings is 3. The SMILES string of the molecule is CCOc1ccc(C=C(C(=O)Nc2ccccc2F)C(=O)Nc2ccccc2F)cc1OC. The molecule has 0 unspecified atom stereocenters. The summed E-state index contributed by atoms with van der Waals surface area (Å²) in [5.74, 6) is -2.19. The van der Waals surface area contributed by atoms with E-state index in [0.29, 0.717) is 23.7 Å². The molecule has 6 nitrogen and oxygen atoms in total. The van der Waals surface area contributed by atoms with Gasteiger partial charge in [0.25, 0.3) is 11.8 Å². The van der Waals surface area contributed by atoms with Crippen LogP contribution in [0, 0.1) is 11.6 Å². The van der Waals surface area contributed by atoms with Gasteiger partial charge in [-0.15, -0.1) is 0 Å². The fourth-order valence-electron chi connectivity index (χ4n) is 2.95. The number of ether oxygens (including phenoxy) is 2. The molecule has 2 N–H and O–H groups in total. The Morgan fingerprint density at radius 2 is 1.39 bits per heavy atom. The number of carbonyl (C=O) groups excluding carboxylic acids is 2. The third-order valence-corrected chi connectivity index (χ3v) is 4.53. The summed E-state index contributed by atoms with van der Waals surface area (Å²) in [6, 6.07) is 15.9. The molecule has 0 aliphatic heterocycles. The zero-order valence-corrected chi connectivity index (χ0v) is 18.0. The first-order valence-electron chi connectivity index (χ1n) is 10.1. The first-order valence-corrected chi connectivity index (χ1v) is 10.1. The number of hydrogen-bond acceptors (Lipinski definition) is 4. The normalized spacial score (nSPS) is 10.2. The summed E-state index contributed by atoms with van der Waals surface area (Å²) < 4.78 is 38.9. The fraction of sp³-hybridized carbons (Fsp3) is 0.120. The van der Waals surface area contributed by atoms with Crippen LogP contribution in [0.5, 0.6) is 11.5 Å². The van der Waals surface area contributed by atoms with Crippen molar-refractivity contribution in [2.75, 3.05) is 24.4 Å². The Morgan fingerprint density at radius 3 is 1.88 bits per heavy atom. The summed E-state index contributed by atoms with van der Waals surface area (Å²) >= 11 is 0. The molecule has 0 bridgehead atoms. The zero-order valence-electron chi connectivity index (χ0n) is 18.0. The summed E-state index contributed by atoms with van der Waals surface area (Å²) in [5.41, 5.74) is -0.127. The zero-order chi connectivity index (χ0) is 23.8. The molecule has 0 fully saturated rings. The van der Waals surface area contributed by atoms with Crippen LogP contribution in [0.2, 0.25) is 0 Å². The smallest absolute Gasteiger partial charge is 0.261 e. The molecule has 170 valence electrons. The van der Waals surface area contributed by atoms with Gasteiger partial charge in [0.05, 0.1) is 25.1 Å². The molecule has 3 aromatic rings. The Morgan fingerprint density at radius 1 is 0.848 bits per heavy atom. The van der Waals surface area contributed by atoms with Gasteiger partial charge in [0, 0.05) is 0 Å². The van der Waals surface area contributed by atoms with Gasteiger partial charge in [0.15, 0.2) is 11.5 Å². The van der Waals surface area contributed by atoms with Crippen LogP contribution in [0.3, 0.4) is 0 Å². The largest absolute Gasteiger partial charge is 0.493 e. The topological polar surface area (TPSA) is 76.7 Å². The van der Waals surface area contributed by atoms with Crippen molar-refractivity contribution in [2.24, 2.45) is 0 Å². The van der Waals surface area contributed by atoms with Crippen LogP contribution in [0.15, 0.2) is 72.3 Å². The summed E-state index contributed by atoms with van der Waals surface area (Å²) in [7, 11) is 1.46. The summed E-state index contributed by atoms with van der Waals surface area (Å²) in [6.45, 7) is 2.25. The van der Waals surface area contributed by atoms with Crippen molar-refractivity contribution in [2.45, 2.75) is 6.92 Å². The van der Waals surface area contributed by atoms with Crippen LogP contribution in [0.1, 0.15) is 12.5 Å². The van der Waals surface area contributed by atoms with E-state index in [1.54, 1.807) is 30.3 Å². The molecule has 3 rings (SSSR count). The number of halogens is 2. The van der Waals surface area contributed by atoms with E-state index < -0.39 is 23.4 Å². The van der Waals surface area contributed by atoms with Gasteiger partial charge in [-0.2, -0.15) is 0 Å². The second-order valence-corrected chi connectivity index (χ2v) is 6.77. The van der Waals surface area contributed by atoms with Crippen LogP contribution in [-0.4, -0.2) is 25.5 Å². The summed E-state index contributed by atoms with van der Waals surface area (Å²) in [5, 5.41) is 4.76. The molecule has 0 radical (unpaired) electrons. The highest BCUT2D eigenvalue weighted by Gasteiger charge is 2.21. The van der Waals surface area contributed by atoms with Gasteiger partial charge in [0.2, 0.25) is 0 Å². The molecule has 2 amide bonds. The Bertz CT molecular complexity index is 1130. The van der Waals surface area contributed by atoms with Gasteiger partial charge in [0.1, 0.15) is 17.2 Å². The molecule has 0 heterocycles. The first kappa shape index (κ1) is 23.5. The highest BCUT2D eigenvalue weighted by atomic mass is 19.1. The summed E-state index contributed by atoms with van der Waals surface area (Å²) in [4.78, 5) is 25.9. The van der Waals surface area contributed by atoms with Crippen molar-refractivity contribution >= 4 is 29.3 Å². The minimum atomic E-state index is -0.873. The Balaban J connectivity index is 1.99. The number of amides is 2. The molecule has 0 aromatic heterocycles. The lowest BCUT2D eigenvalue weighted by Gasteiger charge is -2.13.